The van der Waals surface area contributed by atoms with Crippen LogP contribution >= 0.6 is 11.6 Å². The van der Waals surface area contributed by atoms with E-state index < -0.39 is 0 Å². The number of anilines is 1. The molecule has 1 aliphatic rings. The minimum atomic E-state index is 0.422. The third-order valence-electron chi connectivity index (χ3n) is 3.44. The highest BCUT2D eigenvalue weighted by molar-refractivity contribution is 6.31. The third kappa shape index (κ3) is 3.36. The molecule has 0 amide bonds. The summed E-state index contributed by atoms with van der Waals surface area (Å²) in [5.74, 6) is 0. The summed E-state index contributed by atoms with van der Waals surface area (Å²) in [4.78, 5) is 2.48. The molecule has 0 saturated carbocycles. The van der Waals surface area contributed by atoms with Crippen molar-refractivity contribution in [3.05, 3.63) is 28.8 Å². The highest BCUT2D eigenvalue weighted by atomic mass is 35.5. The van der Waals surface area contributed by atoms with Gasteiger partial charge in [-0.1, -0.05) is 25.4 Å². The van der Waals surface area contributed by atoms with Crippen molar-refractivity contribution in [2.75, 3.05) is 18.8 Å². The summed E-state index contributed by atoms with van der Waals surface area (Å²) in [7, 11) is 0. The van der Waals surface area contributed by atoms with Crippen LogP contribution in [0.2, 0.25) is 5.02 Å². The average Bonchev–Trinajstić information content (AvgIpc) is 2.22. The van der Waals surface area contributed by atoms with Gasteiger partial charge in [0.25, 0.3) is 0 Å². The molecule has 2 nitrogen and oxygen atoms in total. The van der Waals surface area contributed by atoms with Gasteiger partial charge in [0.05, 0.1) is 0 Å². The summed E-state index contributed by atoms with van der Waals surface area (Å²) in [6.45, 7) is 7.88. The van der Waals surface area contributed by atoms with E-state index in [0.717, 1.165) is 35.9 Å². The molecule has 94 valence electrons. The lowest BCUT2D eigenvalue weighted by Crippen LogP contribution is -2.39. The van der Waals surface area contributed by atoms with E-state index in [0.29, 0.717) is 5.41 Å². The van der Waals surface area contributed by atoms with E-state index >= 15 is 0 Å². The summed E-state index contributed by atoms with van der Waals surface area (Å²) in [5, 5.41) is 0.822. The molecule has 3 heteroatoms. The molecule has 1 heterocycles. The van der Waals surface area contributed by atoms with Gasteiger partial charge in [-0.15, -0.1) is 0 Å². The number of nitrogens with two attached hydrogens (primary N) is 1. The number of rotatable bonds is 2. The van der Waals surface area contributed by atoms with E-state index in [9.17, 15) is 0 Å². The molecule has 1 aromatic rings. The highest BCUT2D eigenvalue weighted by Gasteiger charge is 2.26. The number of nitrogens with zero attached hydrogens (tertiary/aromatic N) is 1. The van der Waals surface area contributed by atoms with Crippen molar-refractivity contribution in [2.24, 2.45) is 5.41 Å². The lowest BCUT2D eigenvalue weighted by atomic mass is 9.84. The van der Waals surface area contributed by atoms with Gasteiger partial charge < -0.3 is 5.73 Å². The quantitative estimate of drug-likeness (QED) is 0.816. The zero-order valence-corrected chi connectivity index (χ0v) is 11.4. The second-order valence-corrected chi connectivity index (χ2v) is 6.24. The van der Waals surface area contributed by atoms with Gasteiger partial charge in [0.15, 0.2) is 0 Å². The summed E-state index contributed by atoms with van der Waals surface area (Å²) in [6.07, 6.45) is 2.58. The summed E-state index contributed by atoms with van der Waals surface area (Å²) < 4.78 is 0. The maximum atomic E-state index is 6.20. The van der Waals surface area contributed by atoms with Crippen molar-refractivity contribution < 1.29 is 0 Å². The molecule has 0 aliphatic carbocycles. The van der Waals surface area contributed by atoms with E-state index in [1.807, 2.05) is 18.2 Å². The Labute approximate surface area is 109 Å². The summed E-state index contributed by atoms with van der Waals surface area (Å²) in [5.41, 5.74) is 8.17. The second kappa shape index (κ2) is 4.87. The van der Waals surface area contributed by atoms with Crippen molar-refractivity contribution in [3.63, 3.8) is 0 Å². The van der Waals surface area contributed by atoms with Crippen LogP contribution in [-0.2, 0) is 6.54 Å². The monoisotopic (exact) mass is 252 g/mol. The molecular weight excluding hydrogens is 232 g/mol. The molecule has 2 N–H and O–H groups in total. The Morgan fingerprint density at radius 3 is 2.88 bits per heavy atom. The van der Waals surface area contributed by atoms with Gasteiger partial charge in [-0.3, -0.25) is 4.90 Å². The zero-order chi connectivity index (χ0) is 12.5. The first-order valence-electron chi connectivity index (χ1n) is 6.23. The molecule has 2 rings (SSSR count). The first-order chi connectivity index (χ1) is 7.96. The van der Waals surface area contributed by atoms with Gasteiger partial charge in [-0.2, -0.15) is 0 Å². The Bertz CT molecular complexity index is 401. The van der Waals surface area contributed by atoms with Crippen molar-refractivity contribution in [3.8, 4) is 0 Å². The normalized spacial score (nSPS) is 20.4. The molecule has 0 spiro atoms. The zero-order valence-electron chi connectivity index (χ0n) is 10.7. The predicted octanol–water partition coefficient (Wildman–Crippen LogP) is 3.54. The molecule has 0 bridgehead atoms. The van der Waals surface area contributed by atoms with Gasteiger partial charge in [-0.05, 0) is 48.6 Å². The van der Waals surface area contributed by atoms with Crippen LogP contribution in [0, 0.1) is 5.41 Å². The molecule has 1 aliphatic heterocycles. The summed E-state index contributed by atoms with van der Waals surface area (Å²) >= 11 is 6.20. The van der Waals surface area contributed by atoms with Crippen LogP contribution in [0.25, 0.3) is 0 Å². The molecule has 17 heavy (non-hydrogen) atoms. The molecule has 0 unspecified atom stereocenters. The molecule has 0 radical (unpaired) electrons. The lowest BCUT2D eigenvalue weighted by Gasteiger charge is -2.38. The molecule has 1 fully saturated rings. The van der Waals surface area contributed by atoms with Gasteiger partial charge in [0.2, 0.25) is 0 Å². The number of benzene rings is 1. The van der Waals surface area contributed by atoms with E-state index in [2.05, 4.69) is 18.7 Å². The number of hydrogen-bond donors (Lipinski definition) is 1. The summed E-state index contributed by atoms with van der Waals surface area (Å²) in [6, 6.07) is 5.73. The Morgan fingerprint density at radius 2 is 2.18 bits per heavy atom. The third-order valence-corrected chi connectivity index (χ3v) is 3.81. The number of halogens is 1. The maximum Gasteiger partial charge on any atom is 0.0452 e. The Kier molecular flexibility index (Phi) is 3.64. The van der Waals surface area contributed by atoms with Crippen LogP contribution in [0.3, 0.4) is 0 Å². The first kappa shape index (κ1) is 12.7. The van der Waals surface area contributed by atoms with Crippen molar-refractivity contribution in [2.45, 2.75) is 33.2 Å². The molecular formula is C14H21ClN2. The topological polar surface area (TPSA) is 29.3 Å². The smallest absolute Gasteiger partial charge is 0.0452 e. The Morgan fingerprint density at radius 1 is 1.41 bits per heavy atom. The Balaban J connectivity index is 2.07. The standard InChI is InChI=1S/C14H21ClN2/c1-14(2)6-3-7-17(10-14)9-11-8-12(16)4-5-13(11)15/h4-5,8H,3,6-7,9-10,16H2,1-2H3. The van der Waals surface area contributed by atoms with Crippen molar-refractivity contribution in [1.82, 2.24) is 4.90 Å². The number of nitrogen functional groups attached to an aromatic ring is 1. The van der Waals surface area contributed by atoms with Gasteiger partial charge >= 0.3 is 0 Å². The van der Waals surface area contributed by atoms with E-state index in [4.69, 9.17) is 17.3 Å². The highest BCUT2D eigenvalue weighted by Crippen LogP contribution is 2.30. The van der Waals surface area contributed by atoms with Gasteiger partial charge in [-0.25, -0.2) is 0 Å². The largest absolute Gasteiger partial charge is 0.399 e. The van der Waals surface area contributed by atoms with Crippen molar-refractivity contribution >= 4 is 17.3 Å². The van der Waals surface area contributed by atoms with Crippen LogP contribution in [0.1, 0.15) is 32.3 Å². The molecule has 0 aromatic heterocycles. The minimum Gasteiger partial charge on any atom is -0.399 e. The molecule has 1 aromatic carbocycles. The van der Waals surface area contributed by atoms with Gasteiger partial charge in [0, 0.05) is 23.8 Å². The van der Waals surface area contributed by atoms with E-state index in [1.165, 1.54) is 12.8 Å². The number of likely N-dealkylation sites (tertiary alicyclic amines) is 1. The fourth-order valence-electron chi connectivity index (χ4n) is 2.64. The van der Waals surface area contributed by atoms with Gasteiger partial charge in [0.1, 0.15) is 0 Å². The first-order valence-corrected chi connectivity index (χ1v) is 6.60. The number of hydrogen-bond acceptors (Lipinski definition) is 2. The van der Waals surface area contributed by atoms with E-state index in [1.54, 1.807) is 0 Å². The van der Waals surface area contributed by atoms with Crippen LogP contribution < -0.4 is 5.73 Å². The minimum absolute atomic E-state index is 0.422. The van der Waals surface area contributed by atoms with Crippen LogP contribution in [0.15, 0.2) is 18.2 Å². The lowest BCUT2D eigenvalue weighted by molar-refractivity contribution is 0.112. The molecule has 1 saturated heterocycles. The van der Waals surface area contributed by atoms with Crippen LogP contribution in [0.5, 0.6) is 0 Å². The molecule has 0 atom stereocenters. The second-order valence-electron chi connectivity index (χ2n) is 5.83. The fourth-order valence-corrected chi connectivity index (χ4v) is 2.81. The van der Waals surface area contributed by atoms with Crippen LogP contribution in [0.4, 0.5) is 5.69 Å². The predicted molar refractivity (Wildman–Crippen MR) is 74.2 cm³/mol. The van der Waals surface area contributed by atoms with Crippen molar-refractivity contribution in [1.29, 1.82) is 0 Å². The Hall–Kier alpha value is -0.730. The SMILES string of the molecule is CC1(C)CCCN(Cc2cc(N)ccc2Cl)C1. The van der Waals surface area contributed by atoms with E-state index in [-0.39, 0.29) is 0 Å². The fraction of sp³-hybridized carbons (Fsp3) is 0.571. The maximum absolute atomic E-state index is 6.20. The average molecular weight is 253 g/mol. The van der Waals surface area contributed by atoms with Crippen LogP contribution in [-0.4, -0.2) is 18.0 Å². The number of piperidine rings is 1.